The maximum Gasteiger partial charge on any atom is 0.163 e. The van der Waals surface area contributed by atoms with Gasteiger partial charge in [0, 0.05) is 12.0 Å². The Hall–Kier alpha value is -1.51. The normalized spacial score (nSPS) is 11.0. The molecule has 172 valence electrons. The van der Waals surface area contributed by atoms with E-state index >= 15 is 0 Å². The van der Waals surface area contributed by atoms with Crippen LogP contribution in [0, 0.1) is 0 Å². The van der Waals surface area contributed by atoms with E-state index in [9.17, 15) is 9.90 Å². The van der Waals surface area contributed by atoms with Gasteiger partial charge in [0.1, 0.15) is 0 Å². The molecule has 30 heavy (non-hydrogen) atoms. The highest BCUT2D eigenvalue weighted by Crippen LogP contribution is 2.27. The summed E-state index contributed by atoms with van der Waals surface area (Å²) in [5.74, 6) is 0.573. The van der Waals surface area contributed by atoms with Crippen molar-refractivity contribution in [1.82, 2.24) is 0 Å². The Morgan fingerprint density at radius 2 is 1.17 bits per heavy atom. The van der Waals surface area contributed by atoms with Gasteiger partial charge in [-0.15, -0.1) is 0 Å². The van der Waals surface area contributed by atoms with Crippen LogP contribution >= 0.6 is 0 Å². The Labute approximate surface area is 185 Å². The molecule has 0 bridgehead atoms. The summed E-state index contributed by atoms with van der Waals surface area (Å²) in [5, 5.41) is 9.61. The van der Waals surface area contributed by atoms with E-state index in [-0.39, 0.29) is 11.5 Å². The molecule has 0 saturated carbocycles. The van der Waals surface area contributed by atoms with Crippen molar-refractivity contribution in [3.8, 4) is 11.5 Å². The number of carbonyl (C=O) groups is 1. The molecule has 1 rings (SSSR count). The molecular formula is C27H46O3. The summed E-state index contributed by atoms with van der Waals surface area (Å²) < 4.78 is 5.07. The molecule has 3 heteroatoms. The maximum absolute atomic E-state index is 12.2. The molecule has 0 fully saturated rings. The Bertz CT molecular complexity index is 553. The van der Waals surface area contributed by atoms with Crippen LogP contribution in [0.3, 0.4) is 0 Å². The number of ether oxygens (including phenoxy) is 1. The standard InChI is InChI=1S/C27H46O3/c1-3-4-5-6-7-8-9-10-11-12-13-14-15-16-17-18-19-20-25(28)24-21-22-26(29)27(23-24)30-2/h21-23,29H,3-20H2,1-2H3. The van der Waals surface area contributed by atoms with E-state index in [4.69, 9.17) is 4.74 Å². The average Bonchev–Trinajstić information content (AvgIpc) is 2.76. The monoisotopic (exact) mass is 418 g/mol. The van der Waals surface area contributed by atoms with Gasteiger partial charge in [0.2, 0.25) is 0 Å². The lowest BCUT2D eigenvalue weighted by Gasteiger charge is -2.06. The van der Waals surface area contributed by atoms with Crippen LogP contribution in [0.15, 0.2) is 18.2 Å². The van der Waals surface area contributed by atoms with E-state index < -0.39 is 0 Å². The van der Waals surface area contributed by atoms with Crippen LogP contribution in [0.5, 0.6) is 11.5 Å². The van der Waals surface area contributed by atoms with Gasteiger partial charge >= 0.3 is 0 Å². The zero-order valence-electron chi connectivity index (χ0n) is 19.7. The van der Waals surface area contributed by atoms with Crippen LogP contribution in [0.2, 0.25) is 0 Å². The lowest BCUT2D eigenvalue weighted by atomic mass is 10.0. The topological polar surface area (TPSA) is 46.5 Å². The molecule has 3 nitrogen and oxygen atoms in total. The zero-order valence-corrected chi connectivity index (χ0v) is 19.7. The van der Waals surface area contributed by atoms with Gasteiger partial charge in [0.25, 0.3) is 0 Å². The van der Waals surface area contributed by atoms with Gasteiger partial charge in [-0.25, -0.2) is 0 Å². The molecule has 0 aliphatic rings. The third-order valence-electron chi connectivity index (χ3n) is 6.01. The first-order valence-corrected chi connectivity index (χ1v) is 12.6. The van der Waals surface area contributed by atoms with Gasteiger partial charge in [-0.2, -0.15) is 0 Å². The molecule has 0 spiro atoms. The maximum atomic E-state index is 12.2. The Balaban J connectivity index is 1.87. The van der Waals surface area contributed by atoms with Crippen molar-refractivity contribution in [3.05, 3.63) is 23.8 Å². The summed E-state index contributed by atoms with van der Waals surface area (Å²) in [6.45, 7) is 2.28. The number of hydrogen-bond donors (Lipinski definition) is 1. The summed E-state index contributed by atoms with van der Waals surface area (Å²) in [4.78, 5) is 12.2. The van der Waals surface area contributed by atoms with Crippen molar-refractivity contribution in [2.24, 2.45) is 0 Å². The number of Topliss-reactive ketones (excluding diaryl/α,β-unsaturated/α-hetero) is 1. The molecule has 0 aliphatic carbocycles. The lowest BCUT2D eigenvalue weighted by Crippen LogP contribution is -1.99. The molecule has 0 radical (unpaired) electrons. The number of unbranched alkanes of at least 4 members (excludes halogenated alkanes) is 16. The summed E-state index contributed by atoms with van der Waals surface area (Å²) in [7, 11) is 1.50. The number of rotatable bonds is 20. The van der Waals surface area contributed by atoms with Crippen molar-refractivity contribution in [1.29, 1.82) is 0 Å². The van der Waals surface area contributed by atoms with Crippen molar-refractivity contribution in [2.75, 3.05) is 7.11 Å². The molecule has 1 N–H and O–H groups in total. The minimum atomic E-state index is 0.0758. The van der Waals surface area contributed by atoms with E-state index in [1.165, 1.54) is 109 Å². The molecule has 1 aromatic rings. The zero-order chi connectivity index (χ0) is 21.9. The Kier molecular flexibility index (Phi) is 16.2. The van der Waals surface area contributed by atoms with Crippen molar-refractivity contribution >= 4 is 5.78 Å². The number of methoxy groups -OCH3 is 1. The molecule has 0 heterocycles. The number of hydrogen-bond acceptors (Lipinski definition) is 3. The van der Waals surface area contributed by atoms with E-state index in [0.717, 1.165) is 12.8 Å². The number of phenols is 1. The molecule has 0 aromatic heterocycles. The fraction of sp³-hybridized carbons (Fsp3) is 0.741. The van der Waals surface area contributed by atoms with Gasteiger partial charge in [0.15, 0.2) is 17.3 Å². The smallest absolute Gasteiger partial charge is 0.163 e. The van der Waals surface area contributed by atoms with Gasteiger partial charge < -0.3 is 9.84 Å². The fourth-order valence-corrected chi connectivity index (χ4v) is 4.01. The number of ketones is 1. The number of aromatic hydroxyl groups is 1. The van der Waals surface area contributed by atoms with Crippen molar-refractivity contribution in [2.45, 2.75) is 122 Å². The predicted molar refractivity (Wildman–Crippen MR) is 128 cm³/mol. The number of benzene rings is 1. The Morgan fingerprint density at radius 3 is 1.60 bits per heavy atom. The second-order valence-electron chi connectivity index (χ2n) is 8.72. The first kappa shape index (κ1) is 26.5. The van der Waals surface area contributed by atoms with Crippen LogP contribution in [0.4, 0.5) is 0 Å². The molecule has 0 atom stereocenters. The second-order valence-corrected chi connectivity index (χ2v) is 8.72. The predicted octanol–water partition coefficient (Wildman–Crippen LogP) is 8.63. The SMILES string of the molecule is CCCCCCCCCCCCCCCCCCCC(=O)c1ccc(O)c(OC)c1. The highest BCUT2D eigenvalue weighted by Gasteiger charge is 2.09. The summed E-state index contributed by atoms with van der Waals surface area (Å²) in [5.41, 5.74) is 0.626. The third-order valence-corrected chi connectivity index (χ3v) is 6.01. The van der Waals surface area contributed by atoms with E-state index in [1.54, 1.807) is 12.1 Å². The third kappa shape index (κ3) is 12.9. The van der Waals surface area contributed by atoms with Gasteiger partial charge in [-0.3, -0.25) is 4.79 Å². The second kappa shape index (κ2) is 18.3. The summed E-state index contributed by atoms with van der Waals surface area (Å²) >= 11 is 0. The lowest BCUT2D eigenvalue weighted by molar-refractivity contribution is 0.0978. The number of phenolic OH excluding ortho intramolecular Hbond substituents is 1. The first-order chi connectivity index (χ1) is 14.7. The van der Waals surface area contributed by atoms with Crippen LogP contribution in [0.25, 0.3) is 0 Å². The van der Waals surface area contributed by atoms with Crippen LogP contribution in [-0.2, 0) is 0 Å². The summed E-state index contributed by atoms with van der Waals surface area (Å²) in [6, 6.07) is 4.83. The van der Waals surface area contributed by atoms with Crippen LogP contribution in [-0.4, -0.2) is 18.0 Å². The molecule has 0 unspecified atom stereocenters. The van der Waals surface area contributed by atoms with Crippen molar-refractivity contribution < 1.29 is 14.6 Å². The fourth-order valence-electron chi connectivity index (χ4n) is 4.01. The van der Waals surface area contributed by atoms with E-state index in [1.807, 2.05) is 0 Å². The molecule has 0 saturated heterocycles. The van der Waals surface area contributed by atoms with Gasteiger partial charge in [0.05, 0.1) is 7.11 Å². The highest BCUT2D eigenvalue weighted by molar-refractivity contribution is 5.96. The molecular weight excluding hydrogens is 372 g/mol. The first-order valence-electron chi connectivity index (χ1n) is 12.6. The average molecular weight is 419 g/mol. The summed E-state index contributed by atoms with van der Waals surface area (Å²) in [6.07, 6.45) is 23.4. The number of carbonyl (C=O) groups excluding carboxylic acids is 1. The quantitative estimate of drug-likeness (QED) is 0.170. The van der Waals surface area contributed by atoms with Crippen LogP contribution < -0.4 is 4.74 Å². The van der Waals surface area contributed by atoms with Crippen LogP contribution in [0.1, 0.15) is 133 Å². The molecule has 0 amide bonds. The van der Waals surface area contributed by atoms with E-state index in [2.05, 4.69) is 6.92 Å². The van der Waals surface area contributed by atoms with Gasteiger partial charge in [-0.05, 0) is 24.6 Å². The minimum absolute atomic E-state index is 0.0758. The molecule has 0 aliphatic heterocycles. The van der Waals surface area contributed by atoms with Gasteiger partial charge in [-0.1, -0.05) is 110 Å². The van der Waals surface area contributed by atoms with E-state index in [0.29, 0.717) is 17.7 Å². The highest BCUT2D eigenvalue weighted by atomic mass is 16.5. The molecule has 1 aromatic carbocycles. The van der Waals surface area contributed by atoms with Crippen molar-refractivity contribution in [3.63, 3.8) is 0 Å². The minimum Gasteiger partial charge on any atom is -0.504 e. The Morgan fingerprint density at radius 1 is 0.733 bits per heavy atom. The largest absolute Gasteiger partial charge is 0.504 e.